The quantitative estimate of drug-likeness (QED) is 0.574. The van der Waals surface area contributed by atoms with Gasteiger partial charge in [0.25, 0.3) is 0 Å². The fourth-order valence-corrected chi connectivity index (χ4v) is 2.67. The summed E-state index contributed by atoms with van der Waals surface area (Å²) >= 11 is 7.17. The Morgan fingerprint density at radius 3 is 2.85 bits per heavy atom. The number of hydrogen-bond acceptors (Lipinski definition) is 4. The first-order valence-electron chi connectivity index (χ1n) is 6.10. The van der Waals surface area contributed by atoms with Gasteiger partial charge in [-0.3, -0.25) is 0 Å². The van der Waals surface area contributed by atoms with E-state index in [0.717, 1.165) is 16.3 Å². The molecule has 0 spiro atoms. The number of thiazole rings is 1. The van der Waals surface area contributed by atoms with Crippen LogP contribution in [0.4, 0.5) is 4.39 Å². The van der Waals surface area contributed by atoms with Crippen LogP contribution in [0.5, 0.6) is 0 Å². The van der Waals surface area contributed by atoms with Crippen molar-refractivity contribution >= 4 is 22.9 Å². The molecule has 1 aromatic heterocycles. The molecule has 0 bridgehead atoms. The number of hydrogen-bond donors (Lipinski definition) is 0. The lowest BCUT2D eigenvalue weighted by Gasteiger charge is -2.06. The molecular weight excluding hydrogens is 301 g/mol. The van der Waals surface area contributed by atoms with Gasteiger partial charge in [-0.15, -0.1) is 22.9 Å². The highest BCUT2D eigenvalue weighted by Crippen LogP contribution is 2.26. The molecule has 2 aromatic rings. The molecule has 108 valence electrons. The number of rotatable bonds is 7. The summed E-state index contributed by atoms with van der Waals surface area (Å²) in [6.45, 7) is 1.18. The third-order valence-electron chi connectivity index (χ3n) is 2.68. The summed E-state index contributed by atoms with van der Waals surface area (Å²) in [6, 6.07) is 5.04. The van der Waals surface area contributed by atoms with E-state index >= 15 is 0 Å². The summed E-state index contributed by atoms with van der Waals surface area (Å²) in [7, 11) is 1.60. The molecule has 3 nitrogen and oxygen atoms in total. The van der Waals surface area contributed by atoms with Crippen LogP contribution in [0.15, 0.2) is 23.6 Å². The van der Waals surface area contributed by atoms with Gasteiger partial charge in [0.05, 0.1) is 31.4 Å². The topological polar surface area (TPSA) is 31.4 Å². The van der Waals surface area contributed by atoms with E-state index < -0.39 is 0 Å². The first-order chi connectivity index (χ1) is 9.74. The summed E-state index contributed by atoms with van der Waals surface area (Å²) in [5, 5.41) is 2.65. The van der Waals surface area contributed by atoms with Crippen LogP contribution >= 0.6 is 22.9 Å². The number of benzene rings is 1. The zero-order valence-corrected chi connectivity index (χ0v) is 12.6. The average molecular weight is 316 g/mol. The van der Waals surface area contributed by atoms with Gasteiger partial charge in [-0.25, -0.2) is 9.37 Å². The van der Waals surface area contributed by atoms with E-state index in [0.29, 0.717) is 24.7 Å². The molecule has 1 heterocycles. The molecule has 20 heavy (non-hydrogen) atoms. The second kappa shape index (κ2) is 7.69. The summed E-state index contributed by atoms with van der Waals surface area (Å²) in [5.41, 5.74) is 2.09. The first-order valence-corrected chi connectivity index (χ1v) is 7.52. The Morgan fingerprint density at radius 1 is 1.35 bits per heavy atom. The Labute approximate surface area is 126 Å². The normalized spacial score (nSPS) is 10.9. The van der Waals surface area contributed by atoms with E-state index in [2.05, 4.69) is 4.98 Å². The maximum absolute atomic E-state index is 14.0. The van der Waals surface area contributed by atoms with E-state index in [4.69, 9.17) is 21.1 Å². The molecule has 2 rings (SSSR count). The molecule has 0 N–H and O–H groups in total. The van der Waals surface area contributed by atoms with Crippen molar-refractivity contribution in [1.82, 2.24) is 4.98 Å². The van der Waals surface area contributed by atoms with Crippen molar-refractivity contribution in [2.75, 3.05) is 20.3 Å². The Kier molecular flexibility index (Phi) is 5.91. The molecule has 0 radical (unpaired) electrons. The molecule has 0 unspecified atom stereocenters. The van der Waals surface area contributed by atoms with Crippen LogP contribution in [0.25, 0.3) is 10.6 Å². The molecular formula is C14H15ClFNO2S. The lowest BCUT2D eigenvalue weighted by Crippen LogP contribution is -2.03. The minimum Gasteiger partial charge on any atom is -0.382 e. The number of aromatic nitrogens is 1. The predicted octanol–water partition coefficient (Wildman–Crippen LogP) is 3.85. The Balaban J connectivity index is 2.05. The summed E-state index contributed by atoms with van der Waals surface area (Å²) in [6.07, 6.45) is 0. The van der Waals surface area contributed by atoms with Crippen molar-refractivity contribution in [3.8, 4) is 10.6 Å². The Hall–Kier alpha value is -1.01. The Bertz CT molecular complexity index is 562. The van der Waals surface area contributed by atoms with Crippen molar-refractivity contribution in [2.24, 2.45) is 0 Å². The van der Waals surface area contributed by atoms with E-state index in [-0.39, 0.29) is 12.4 Å². The molecule has 0 amide bonds. The average Bonchev–Trinajstić information content (AvgIpc) is 2.94. The fourth-order valence-electron chi connectivity index (χ4n) is 1.62. The van der Waals surface area contributed by atoms with Crippen molar-refractivity contribution in [1.29, 1.82) is 0 Å². The van der Waals surface area contributed by atoms with Crippen LogP contribution in [0.2, 0.25) is 0 Å². The second-order valence-corrected chi connectivity index (χ2v) is 5.25. The zero-order valence-electron chi connectivity index (χ0n) is 11.1. The minimum absolute atomic E-state index is 0.236. The van der Waals surface area contributed by atoms with Gasteiger partial charge < -0.3 is 9.47 Å². The van der Waals surface area contributed by atoms with Crippen LogP contribution in [0, 0.1) is 5.82 Å². The van der Waals surface area contributed by atoms with Gasteiger partial charge in [-0.1, -0.05) is 12.1 Å². The van der Waals surface area contributed by atoms with E-state index in [9.17, 15) is 4.39 Å². The third kappa shape index (κ3) is 3.99. The van der Waals surface area contributed by atoms with Gasteiger partial charge in [0, 0.05) is 23.6 Å². The summed E-state index contributed by atoms with van der Waals surface area (Å²) < 4.78 is 24.1. The van der Waals surface area contributed by atoms with Gasteiger partial charge in [0.15, 0.2) is 0 Å². The van der Waals surface area contributed by atoms with Crippen LogP contribution < -0.4 is 0 Å². The van der Waals surface area contributed by atoms with Crippen LogP contribution in [0.1, 0.15) is 11.3 Å². The highest BCUT2D eigenvalue weighted by Gasteiger charge is 2.08. The minimum atomic E-state index is -0.289. The van der Waals surface area contributed by atoms with Crippen molar-refractivity contribution in [3.63, 3.8) is 0 Å². The standard InChI is InChI=1S/C14H15ClFNO2S/c1-18-4-5-19-8-11-3-2-10(6-13(11)16)14-17-12(7-15)9-20-14/h2-3,6,9H,4-5,7-8H2,1H3. The van der Waals surface area contributed by atoms with Gasteiger partial charge >= 0.3 is 0 Å². The molecule has 6 heteroatoms. The molecule has 0 aliphatic heterocycles. The molecule has 0 saturated heterocycles. The highest BCUT2D eigenvalue weighted by atomic mass is 35.5. The number of alkyl halides is 1. The number of methoxy groups -OCH3 is 1. The first kappa shape index (κ1) is 15.4. The zero-order chi connectivity index (χ0) is 14.4. The predicted molar refractivity (Wildman–Crippen MR) is 78.6 cm³/mol. The lowest BCUT2D eigenvalue weighted by atomic mass is 10.1. The molecule has 1 aromatic carbocycles. The highest BCUT2D eigenvalue weighted by molar-refractivity contribution is 7.13. The van der Waals surface area contributed by atoms with Crippen LogP contribution in [-0.4, -0.2) is 25.3 Å². The smallest absolute Gasteiger partial charge is 0.129 e. The van der Waals surface area contributed by atoms with E-state index in [1.165, 1.54) is 17.4 Å². The SMILES string of the molecule is COCCOCc1ccc(-c2nc(CCl)cs2)cc1F. The number of nitrogens with zero attached hydrogens (tertiary/aromatic N) is 1. The fraction of sp³-hybridized carbons (Fsp3) is 0.357. The van der Waals surface area contributed by atoms with E-state index in [1.807, 2.05) is 11.4 Å². The van der Waals surface area contributed by atoms with Crippen LogP contribution in [0.3, 0.4) is 0 Å². The van der Waals surface area contributed by atoms with Crippen molar-refractivity contribution in [3.05, 3.63) is 40.7 Å². The van der Waals surface area contributed by atoms with Crippen molar-refractivity contribution in [2.45, 2.75) is 12.5 Å². The third-order valence-corrected chi connectivity index (χ3v) is 3.89. The summed E-state index contributed by atoms with van der Waals surface area (Å²) in [4.78, 5) is 4.33. The molecule has 0 saturated carbocycles. The number of ether oxygens (including phenoxy) is 2. The summed E-state index contributed by atoms with van der Waals surface area (Å²) in [5.74, 6) is 0.0762. The Morgan fingerprint density at radius 2 is 2.20 bits per heavy atom. The maximum atomic E-state index is 14.0. The van der Waals surface area contributed by atoms with Gasteiger partial charge in [-0.05, 0) is 6.07 Å². The largest absolute Gasteiger partial charge is 0.382 e. The van der Waals surface area contributed by atoms with Crippen LogP contribution in [-0.2, 0) is 22.0 Å². The molecule has 0 aliphatic rings. The molecule has 0 atom stereocenters. The lowest BCUT2D eigenvalue weighted by molar-refractivity contribution is 0.0604. The van der Waals surface area contributed by atoms with E-state index in [1.54, 1.807) is 13.2 Å². The number of halogens is 2. The van der Waals surface area contributed by atoms with Gasteiger partial charge in [0.2, 0.25) is 0 Å². The van der Waals surface area contributed by atoms with Gasteiger partial charge in [-0.2, -0.15) is 0 Å². The maximum Gasteiger partial charge on any atom is 0.129 e. The monoisotopic (exact) mass is 315 g/mol. The second-order valence-electron chi connectivity index (χ2n) is 4.13. The molecule has 0 aliphatic carbocycles. The van der Waals surface area contributed by atoms with Crippen molar-refractivity contribution < 1.29 is 13.9 Å². The van der Waals surface area contributed by atoms with Gasteiger partial charge in [0.1, 0.15) is 10.8 Å². The molecule has 0 fully saturated rings.